The number of aliphatic hydroxyl groups is 1. The van der Waals surface area contributed by atoms with Crippen molar-refractivity contribution in [1.29, 1.82) is 0 Å². The molecule has 0 amide bonds. The summed E-state index contributed by atoms with van der Waals surface area (Å²) in [5.41, 5.74) is 1.91. The molecule has 0 saturated heterocycles. The van der Waals surface area contributed by atoms with Gasteiger partial charge in [-0.2, -0.15) is 0 Å². The molecule has 0 spiro atoms. The molecule has 1 aliphatic carbocycles. The van der Waals surface area contributed by atoms with Gasteiger partial charge >= 0.3 is 0 Å². The summed E-state index contributed by atoms with van der Waals surface area (Å²) in [5, 5.41) is 17.3. The van der Waals surface area contributed by atoms with E-state index in [2.05, 4.69) is 24.2 Å². The molecule has 4 nitrogen and oxygen atoms in total. The zero-order valence-electron chi connectivity index (χ0n) is 9.48. The van der Waals surface area contributed by atoms with Crippen molar-refractivity contribution in [3.8, 4) is 0 Å². The van der Waals surface area contributed by atoms with Gasteiger partial charge in [0, 0.05) is 6.54 Å². The minimum Gasteiger partial charge on any atom is -0.390 e. The third-order valence-corrected chi connectivity index (χ3v) is 2.78. The van der Waals surface area contributed by atoms with E-state index in [4.69, 9.17) is 0 Å². The maximum atomic E-state index is 9.18. The lowest BCUT2D eigenvalue weighted by Crippen LogP contribution is -2.11. The molecule has 1 N–H and O–H groups in total. The van der Waals surface area contributed by atoms with Crippen LogP contribution < -0.4 is 0 Å². The Morgan fingerprint density at radius 1 is 1.47 bits per heavy atom. The summed E-state index contributed by atoms with van der Waals surface area (Å²) >= 11 is 0. The van der Waals surface area contributed by atoms with Crippen LogP contribution in [-0.4, -0.2) is 20.1 Å². The van der Waals surface area contributed by atoms with E-state index in [9.17, 15) is 5.11 Å². The Kier molecular flexibility index (Phi) is 3.05. The summed E-state index contributed by atoms with van der Waals surface area (Å²) < 4.78 is 1.97. The normalized spacial score (nSPS) is 16.3. The van der Waals surface area contributed by atoms with Crippen LogP contribution in [-0.2, 0) is 19.6 Å². The molecular formula is C11H19N3O. The SMILES string of the molecule is CC(C)Cn1nnc(CO)c1CC1CC1. The number of nitrogens with zero attached hydrogens (tertiary/aromatic N) is 3. The van der Waals surface area contributed by atoms with E-state index in [1.165, 1.54) is 12.8 Å². The molecule has 1 aromatic heterocycles. The molecule has 0 radical (unpaired) electrons. The van der Waals surface area contributed by atoms with Crippen LogP contribution in [0.4, 0.5) is 0 Å². The predicted molar refractivity (Wildman–Crippen MR) is 57.2 cm³/mol. The summed E-state index contributed by atoms with van der Waals surface area (Å²) in [7, 11) is 0. The fourth-order valence-electron chi connectivity index (χ4n) is 1.80. The minimum atomic E-state index is 0.0140. The summed E-state index contributed by atoms with van der Waals surface area (Å²) in [6.07, 6.45) is 3.67. The highest BCUT2D eigenvalue weighted by Crippen LogP contribution is 2.33. The zero-order valence-corrected chi connectivity index (χ0v) is 9.48. The molecule has 4 heteroatoms. The molecule has 2 rings (SSSR count). The zero-order chi connectivity index (χ0) is 10.8. The van der Waals surface area contributed by atoms with E-state index in [1.54, 1.807) is 0 Å². The van der Waals surface area contributed by atoms with Crippen LogP contribution in [0.15, 0.2) is 0 Å². The summed E-state index contributed by atoms with van der Waals surface area (Å²) in [6.45, 7) is 5.25. The quantitative estimate of drug-likeness (QED) is 0.797. The molecule has 1 saturated carbocycles. The van der Waals surface area contributed by atoms with Crippen molar-refractivity contribution < 1.29 is 5.11 Å². The standard InChI is InChI=1S/C11H19N3O/c1-8(2)6-14-11(5-9-3-4-9)10(7-15)12-13-14/h8-9,15H,3-7H2,1-2H3. The van der Waals surface area contributed by atoms with Gasteiger partial charge < -0.3 is 5.11 Å². The van der Waals surface area contributed by atoms with E-state index in [0.29, 0.717) is 5.92 Å². The molecule has 84 valence electrons. The summed E-state index contributed by atoms with van der Waals surface area (Å²) in [5.74, 6) is 1.37. The van der Waals surface area contributed by atoms with Crippen molar-refractivity contribution in [3.63, 3.8) is 0 Å². The van der Waals surface area contributed by atoms with Crippen LogP contribution in [0, 0.1) is 11.8 Å². The molecular weight excluding hydrogens is 190 g/mol. The van der Waals surface area contributed by atoms with Crippen LogP contribution >= 0.6 is 0 Å². The van der Waals surface area contributed by atoms with E-state index in [1.807, 2.05) is 4.68 Å². The Morgan fingerprint density at radius 2 is 2.20 bits per heavy atom. The summed E-state index contributed by atoms with van der Waals surface area (Å²) in [6, 6.07) is 0. The van der Waals surface area contributed by atoms with E-state index in [-0.39, 0.29) is 6.61 Å². The lowest BCUT2D eigenvalue weighted by Gasteiger charge is -2.09. The largest absolute Gasteiger partial charge is 0.390 e. The second-order valence-electron chi connectivity index (χ2n) is 4.86. The van der Waals surface area contributed by atoms with Crippen LogP contribution in [0.3, 0.4) is 0 Å². The summed E-state index contributed by atoms with van der Waals surface area (Å²) in [4.78, 5) is 0. The second kappa shape index (κ2) is 4.31. The third kappa shape index (κ3) is 2.56. The molecule has 0 unspecified atom stereocenters. The number of aromatic nitrogens is 3. The van der Waals surface area contributed by atoms with E-state index < -0.39 is 0 Å². The Labute approximate surface area is 90.3 Å². The predicted octanol–water partition coefficient (Wildman–Crippen LogP) is 1.38. The molecule has 1 aliphatic rings. The first kappa shape index (κ1) is 10.6. The topological polar surface area (TPSA) is 50.9 Å². The fraction of sp³-hybridized carbons (Fsp3) is 0.818. The van der Waals surface area contributed by atoms with Gasteiger partial charge in [0.15, 0.2) is 0 Å². The number of hydrogen-bond donors (Lipinski definition) is 1. The van der Waals surface area contributed by atoms with Gasteiger partial charge in [-0.3, -0.25) is 0 Å². The Hall–Kier alpha value is -0.900. The Bertz CT molecular complexity index is 329. The van der Waals surface area contributed by atoms with Crippen molar-refractivity contribution in [3.05, 3.63) is 11.4 Å². The highest BCUT2D eigenvalue weighted by Gasteiger charge is 2.25. The third-order valence-electron chi connectivity index (χ3n) is 2.78. The molecule has 0 atom stereocenters. The monoisotopic (exact) mass is 209 g/mol. The number of aliphatic hydroxyl groups excluding tert-OH is 1. The molecule has 1 aromatic rings. The van der Waals surface area contributed by atoms with Gasteiger partial charge in [0.1, 0.15) is 5.69 Å². The van der Waals surface area contributed by atoms with Crippen LogP contribution in [0.2, 0.25) is 0 Å². The average Bonchev–Trinajstić information content (AvgIpc) is 2.91. The lowest BCUT2D eigenvalue weighted by atomic mass is 10.1. The molecule has 1 heterocycles. The highest BCUT2D eigenvalue weighted by molar-refractivity contribution is 5.11. The van der Waals surface area contributed by atoms with Gasteiger partial charge in [-0.25, -0.2) is 4.68 Å². The van der Waals surface area contributed by atoms with Crippen molar-refractivity contribution >= 4 is 0 Å². The van der Waals surface area contributed by atoms with Crippen LogP contribution in [0.1, 0.15) is 38.1 Å². The maximum Gasteiger partial charge on any atom is 0.111 e. The number of rotatable bonds is 5. The van der Waals surface area contributed by atoms with Crippen molar-refractivity contribution in [1.82, 2.24) is 15.0 Å². The molecule has 1 fully saturated rings. The van der Waals surface area contributed by atoms with E-state index >= 15 is 0 Å². The first-order valence-electron chi connectivity index (χ1n) is 5.72. The average molecular weight is 209 g/mol. The molecule has 15 heavy (non-hydrogen) atoms. The second-order valence-corrected chi connectivity index (χ2v) is 4.86. The maximum absolute atomic E-state index is 9.18. The van der Waals surface area contributed by atoms with Crippen molar-refractivity contribution in [2.75, 3.05) is 0 Å². The van der Waals surface area contributed by atoms with Gasteiger partial charge in [-0.05, 0) is 31.1 Å². The lowest BCUT2D eigenvalue weighted by molar-refractivity contribution is 0.275. The molecule has 0 bridgehead atoms. The Balaban J connectivity index is 2.15. The first-order valence-corrected chi connectivity index (χ1v) is 5.72. The number of hydrogen-bond acceptors (Lipinski definition) is 3. The first-order chi connectivity index (χ1) is 7.20. The van der Waals surface area contributed by atoms with Gasteiger partial charge in [-0.1, -0.05) is 19.1 Å². The van der Waals surface area contributed by atoms with Crippen molar-refractivity contribution in [2.24, 2.45) is 11.8 Å². The highest BCUT2D eigenvalue weighted by atomic mass is 16.3. The molecule has 0 aromatic carbocycles. The van der Waals surface area contributed by atoms with Gasteiger partial charge in [0.2, 0.25) is 0 Å². The fourth-order valence-corrected chi connectivity index (χ4v) is 1.80. The Morgan fingerprint density at radius 3 is 2.73 bits per heavy atom. The van der Waals surface area contributed by atoms with Gasteiger partial charge in [0.05, 0.1) is 12.3 Å². The molecule has 0 aliphatic heterocycles. The minimum absolute atomic E-state index is 0.0140. The van der Waals surface area contributed by atoms with E-state index in [0.717, 1.165) is 30.3 Å². The van der Waals surface area contributed by atoms with Gasteiger partial charge in [0.25, 0.3) is 0 Å². The van der Waals surface area contributed by atoms with Crippen LogP contribution in [0.5, 0.6) is 0 Å². The van der Waals surface area contributed by atoms with Crippen molar-refractivity contribution in [2.45, 2.75) is 46.3 Å². The van der Waals surface area contributed by atoms with Crippen LogP contribution in [0.25, 0.3) is 0 Å². The van der Waals surface area contributed by atoms with Gasteiger partial charge in [-0.15, -0.1) is 5.10 Å². The smallest absolute Gasteiger partial charge is 0.111 e.